The van der Waals surface area contributed by atoms with Gasteiger partial charge in [-0.2, -0.15) is 0 Å². The SMILES string of the molecule is O=C1CCCC2=C1C(c1ccc(-c3cccc(Cl)c3Cl)o1)c1c([nH]c(=O)[nH]c1=O)N2. The molecule has 30 heavy (non-hydrogen) atoms. The normalized spacial score (nSPS) is 18.1. The monoisotopic (exact) mass is 443 g/mol. The number of hydrogen-bond donors (Lipinski definition) is 3. The van der Waals surface area contributed by atoms with Crippen LogP contribution in [-0.2, 0) is 4.79 Å². The minimum atomic E-state index is -0.739. The lowest BCUT2D eigenvalue weighted by Crippen LogP contribution is -2.35. The van der Waals surface area contributed by atoms with Crippen LogP contribution in [0.15, 0.2) is 55.6 Å². The van der Waals surface area contributed by atoms with E-state index in [1.165, 1.54) is 0 Å². The van der Waals surface area contributed by atoms with Crippen molar-refractivity contribution < 1.29 is 9.21 Å². The fourth-order valence-corrected chi connectivity index (χ4v) is 4.52. The third kappa shape index (κ3) is 2.93. The minimum absolute atomic E-state index is 0.0521. The van der Waals surface area contributed by atoms with Crippen molar-refractivity contribution in [2.75, 3.05) is 5.32 Å². The number of carbonyl (C=O) groups excluding carboxylic acids is 1. The highest BCUT2D eigenvalue weighted by molar-refractivity contribution is 6.43. The molecule has 0 saturated heterocycles. The molecule has 0 saturated carbocycles. The maximum Gasteiger partial charge on any atom is 0.327 e. The summed E-state index contributed by atoms with van der Waals surface area (Å²) in [6.07, 6.45) is 1.72. The molecule has 3 heterocycles. The first-order valence-electron chi connectivity index (χ1n) is 9.38. The highest BCUT2D eigenvalue weighted by Gasteiger charge is 2.39. The van der Waals surface area contributed by atoms with Crippen LogP contribution < -0.4 is 16.6 Å². The van der Waals surface area contributed by atoms with Crippen LogP contribution in [0.5, 0.6) is 0 Å². The summed E-state index contributed by atoms with van der Waals surface area (Å²) in [6, 6.07) is 8.64. The molecule has 0 amide bonds. The quantitative estimate of drug-likeness (QED) is 0.549. The van der Waals surface area contributed by atoms with E-state index < -0.39 is 17.2 Å². The van der Waals surface area contributed by atoms with Gasteiger partial charge in [0.2, 0.25) is 0 Å². The minimum Gasteiger partial charge on any atom is -0.460 e. The van der Waals surface area contributed by atoms with Crippen molar-refractivity contribution >= 4 is 34.8 Å². The Morgan fingerprint density at radius 3 is 2.67 bits per heavy atom. The van der Waals surface area contributed by atoms with Crippen LogP contribution in [-0.4, -0.2) is 15.8 Å². The highest BCUT2D eigenvalue weighted by Crippen LogP contribution is 2.44. The maximum atomic E-state index is 12.8. The molecule has 1 aliphatic carbocycles. The van der Waals surface area contributed by atoms with Gasteiger partial charge in [-0.1, -0.05) is 29.3 Å². The summed E-state index contributed by atoms with van der Waals surface area (Å²) in [5.41, 5.74) is 0.830. The fraction of sp³-hybridized carbons (Fsp3) is 0.190. The van der Waals surface area contributed by atoms with E-state index in [2.05, 4.69) is 15.3 Å². The lowest BCUT2D eigenvalue weighted by Gasteiger charge is -2.31. The Hall–Kier alpha value is -3.03. The molecule has 3 aromatic rings. The topological polar surface area (TPSA) is 108 Å². The van der Waals surface area contributed by atoms with Crippen LogP contribution in [0, 0.1) is 0 Å². The van der Waals surface area contributed by atoms with Gasteiger partial charge in [0, 0.05) is 23.3 Å². The van der Waals surface area contributed by atoms with Crippen molar-refractivity contribution in [3.05, 3.63) is 83.8 Å². The lowest BCUT2D eigenvalue weighted by atomic mass is 9.79. The number of nitrogens with one attached hydrogen (secondary N) is 3. The number of rotatable bonds is 2. The molecule has 5 rings (SSSR count). The van der Waals surface area contributed by atoms with E-state index in [0.717, 1.165) is 0 Å². The molecule has 2 aliphatic rings. The number of Topliss-reactive ketones (excluding diaryl/α,β-unsaturated/α-hetero) is 1. The number of H-pyrrole nitrogens is 2. The Balaban J connectivity index is 1.71. The smallest absolute Gasteiger partial charge is 0.327 e. The Morgan fingerprint density at radius 2 is 1.83 bits per heavy atom. The first-order chi connectivity index (χ1) is 14.4. The molecular formula is C21H15Cl2N3O4. The Kier molecular flexibility index (Phi) is 4.45. The van der Waals surface area contributed by atoms with Crippen LogP contribution in [0.4, 0.5) is 5.82 Å². The summed E-state index contributed by atoms with van der Waals surface area (Å²) in [5, 5.41) is 3.81. The van der Waals surface area contributed by atoms with Crippen LogP contribution in [0.3, 0.4) is 0 Å². The van der Waals surface area contributed by atoms with Gasteiger partial charge in [-0.15, -0.1) is 0 Å². The molecule has 152 valence electrons. The number of halogens is 2. The third-order valence-corrected chi connectivity index (χ3v) is 6.24. The largest absolute Gasteiger partial charge is 0.460 e. The predicted octanol–water partition coefficient (Wildman–Crippen LogP) is 4.19. The van der Waals surface area contributed by atoms with Crippen molar-refractivity contribution in [2.45, 2.75) is 25.2 Å². The summed E-state index contributed by atoms with van der Waals surface area (Å²) < 4.78 is 6.08. The molecule has 0 fully saturated rings. The first kappa shape index (κ1) is 19.0. The standard InChI is InChI=1S/C21H15Cl2N3O4/c22-10-4-1-3-9(18(10)23)13-7-8-14(30-13)16-15-11(5-2-6-12(15)27)24-19-17(16)20(28)26-21(29)25-19/h1,3-4,7-8,16H,2,5-6H2,(H3,24,25,26,28,29). The molecule has 1 aliphatic heterocycles. The molecule has 0 radical (unpaired) electrons. The maximum absolute atomic E-state index is 12.8. The van der Waals surface area contributed by atoms with E-state index in [0.29, 0.717) is 57.7 Å². The molecule has 1 aromatic carbocycles. The third-order valence-electron chi connectivity index (χ3n) is 5.42. The second-order valence-electron chi connectivity index (χ2n) is 7.23. The van der Waals surface area contributed by atoms with Crippen molar-refractivity contribution in [2.24, 2.45) is 0 Å². The molecule has 7 nitrogen and oxygen atoms in total. The molecule has 1 atom stereocenters. The molecule has 2 aromatic heterocycles. The van der Waals surface area contributed by atoms with E-state index in [-0.39, 0.29) is 17.2 Å². The zero-order chi connectivity index (χ0) is 21.0. The summed E-state index contributed by atoms with van der Waals surface area (Å²) >= 11 is 12.4. The summed E-state index contributed by atoms with van der Waals surface area (Å²) in [5.74, 6) is 0.356. The Morgan fingerprint density at radius 1 is 1.00 bits per heavy atom. The average molecular weight is 444 g/mol. The fourth-order valence-electron chi connectivity index (χ4n) is 4.13. The number of aromatic amines is 2. The van der Waals surface area contributed by atoms with Gasteiger partial charge in [0.25, 0.3) is 5.56 Å². The molecular weight excluding hydrogens is 429 g/mol. The Bertz CT molecular complexity index is 1350. The van der Waals surface area contributed by atoms with Gasteiger partial charge in [0.1, 0.15) is 17.3 Å². The van der Waals surface area contributed by atoms with Crippen molar-refractivity contribution in [1.29, 1.82) is 0 Å². The number of allylic oxidation sites excluding steroid dienone is 2. The number of fused-ring (bicyclic) bond motifs is 1. The van der Waals surface area contributed by atoms with Gasteiger partial charge in [-0.25, -0.2) is 4.79 Å². The van der Waals surface area contributed by atoms with E-state index in [1.807, 2.05) is 0 Å². The average Bonchev–Trinajstić information content (AvgIpc) is 3.18. The molecule has 3 N–H and O–H groups in total. The number of anilines is 1. The van der Waals surface area contributed by atoms with Crippen LogP contribution >= 0.6 is 23.2 Å². The number of furan rings is 1. The van der Waals surface area contributed by atoms with E-state index >= 15 is 0 Å². The highest BCUT2D eigenvalue weighted by atomic mass is 35.5. The zero-order valence-corrected chi connectivity index (χ0v) is 17.0. The van der Waals surface area contributed by atoms with E-state index in [4.69, 9.17) is 27.6 Å². The van der Waals surface area contributed by atoms with Gasteiger partial charge in [0.15, 0.2) is 5.78 Å². The number of carbonyl (C=O) groups is 1. The lowest BCUT2D eigenvalue weighted by molar-refractivity contribution is -0.116. The van der Waals surface area contributed by atoms with Crippen LogP contribution in [0.1, 0.15) is 36.5 Å². The van der Waals surface area contributed by atoms with Gasteiger partial charge < -0.3 is 9.73 Å². The number of hydrogen-bond acceptors (Lipinski definition) is 5. The van der Waals surface area contributed by atoms with E-state index in [1.54, 1.807) is 30.3 Å². The van der Waals surface area contributed by atoms with Gasteiger partial charge >= 0.3 is 5.69 Å². The van der Waals surface area contributed by atoms with Crippen LogP contribution in [0.25, 0.3) is 11.3 Å². The number of aromatic nitrogens is 2. The summed E-state index contributed by atoms with van der Waals surface area (Å²) in [4.78, 5) is 42.2. The van der Waals surface area contributed by atoms with Gasteiger partial charge in [-0.05, 0) is 37.1 Å². The van der Waals surface area contributed by atoms with Crippen molar-refractivity contribution in [3.8, 4) is 11.3 Å². The van der Waals surface area contributed by atoms with Crippen LogP contribution in [0.2, 0.25) is 10.0 Å². The molecule has 0 bridgehead atoms. The number of ketones is 1. The van der Waals surface area contributed by atoms with Crippen molar-refractivity contribution in [3.63, 3.8) is 0 Å². The Labute approximate surface area is 179 Å². The zero-order valence-electron chi connectivity index (χ0n) is 15.5. The second kappa shape index (κ2) is 7.04. The van der Waals surface area contributed by atoms with Gasteiger partial charge in [0.05, 0.1) is 21.5 Å². The summed E-state index contributed by atoms with van der Waals surface area (Å²) in [7, 11) is 0. The summed E-state index contributed by atoms with van der Waals surface area (Å²) in [6.45, 7) is 0. The number of benzene rings is 1. The predicted molar refractivity (Wildman–Crippen MR) is 113 cm³/mol. The molecule has 9 heteroatoms. The van der Waals surface area contributed by atoms with Crippen molar-refractivity contribution in [1.82, 2.24) is 9.97 Å². The molecule has 1 unspecified atom stereocenters. The molecule has 0 spiro atoms. The van der Waals surface area contributed by atoms with Gasteiger partial charge in [-0.3, -0.25) is 19.6 Å². The second-order valence-corrected chi connectivity index (χ2v) is 8.01. The first-order valence-corrected chi connectivity index (χ1v) is 10.1. The van der Waals surface area contributed by atoms with E-state index in [9.17, 15) is 14.4 Å².